The van der Waals surface area contributed by atoms with E-state index in [0.29, 0.717) is 11.1 Å². The fourth-order valence-corrected chi connectivity index (χ4v) is 5.05. The van der Waals surface area contributed by atoms with Gasteiger partial charge in [0.2, 0.25) is 5.95 Å². The SMILES string of the molecule is Clc1nc2c3ccccc3n(-c3nc(-c4ccccc4)c4ccccc4n3)c2c2ccccc12. The zero-order chi connectivity index (χ0) is 22.6. The summed E-state index contributed by atoms with van der Waals surface area (Å²) >= 11 is 6.62. The third kappa shape index (κ3) is 2.76. The van der Waals surface area contributed by atoms with Crippen LogP contribution < -0.4 is 0 Å². The number of aromatic nitrogens is 4. The number of hydrogen-bond acceptors (Lipinski definition) is 3. The van der Waals surface area contributed by atoms with Gasteiger partial charge in [-0.25, -0.2) is 15.0 Å². The lowest BCUT2D eigenvalue weighted by Gasteiger charge is -2.12. The Morgan fingerprint density at radius 3 is 2.03 bits per heavy atom. The van der Waals surface area contributed by atoms with Gasteiger partial charge in [-0.1, -0.05) is 103 Å². The highest BCUT2D eigenvalue weighted by Crippen LogP contribution is 2.37. The van der Waals surface area contributed by atoms with Crippen LogP contribution in [0.1, 0.15) is 0 Å². The molecule has 0 saturated carbocycles. The van der Waals surface area contributed by atoms with Gasteiger partial charge in [-0.3, -0.25) is 4.57 Å². The van der Waals surface area contributed by atoms with E-state index in [1.54, 1.807) is 0 Å². The molecule has 4 nitrogen and oxygen atoms in total. The monoisotopic (exact) mass is 456 g/mol. The van der Waals surface area contributed by atoms with Crippen LogP contribution in [0.25, 0.3) is 60.8 Å². The first kappa shape index (κ1) is 19.2. The maximum Gasteiger partial charge on any atom is 0.235 e. The number of fused-ring (bicyclic) bond motifs is 6. The van der Waals surface area contributed by atoms with E-state index >= 15 is 0 Å². The normalized spacial score (nSPS) is 11.7. The molecular weight excluding hydrogens is 440 g/mol. The van der Waals surface area contributed by atoms with Crippen molar-refractivity contribution in [2.75, 3.05) is 0 Å². The summed E-state index contributed by atoms with van der Waals surface area (Å²) in [7, 11) is 0. The van der Waals surface area contributed by atoms with E-state index < -0.39 is 0 Å². The summed E-state index contributed by atoms with van der Waals surface area (Å²) in [6.45, 7) is 0. The molecule has 0 unspecified atom stereocenters. The lowest BCUT2D eigenvalue weighted by atomic mass is 10.1. The van der Waals surface area contributed by atoms with Crippen LogP contribution in [-0.4, -0.2) is 19.5 Å². The van der Waals surface area contributed by atoms with Crippen LogP contribution in [0.3, 0.4) is 0 Å². The van der Waals surface area contributed by atoms with E-state index in [1.807, 2.05) is 66.7 Å². The van der Waals surface area contributed by atoms with Crippen LogP contribution >= 0.6 is 11.6 Å². The third-order valence-corrected chi connectivity index (χ3v) is 6.59. The van der Waals surface area contributed by atoms with E-state index in [4.69, 9.17) is 26.6 Å². The fourth-order valence-electron chi connectivity index (χ4n) is 4.80. The van der Waals surface area contributed by atoms with Crippen LogP contribution in [0.15, 0.2) is 103 Å². The number of rotatable bonds is 2. The van der Waals surface area contributed by atoms with Crippen molar-refractivity contribution in [2.24, 2.45) is 0 Å². The predicted octanol–water partition coefficient (Wildman–Crippen LogP) is 7.60. The van der Waals surface area contributed by atoms with Gasteiger partial charge >= 0.3 is 0 Å². The highest BCUT2D eigenvalue weighted by molar-refractivity contribution is 6.36. The molecule has 7 aromatic rings. The Kier molecular flexibility index (Phi) is 4.16. The zero-order valence-corrected chi connectivity index (χ0v) is 18.7. The van der Waals surface area contributed by atoms with Crippen molar-refractivity contribution in [3.05, 3.63) is 108 Å². The molecule has 0 bridgehead atoms. The summed E-state index contributed by atoms with van der Waals surface area (Å²) in [5.41, 5.74) is 5.63. The minimum absolute atomic E-state index is 0.496. The van der Waals surface area contributed by atoms with E-state index in [-0.39, 0.29) is 0 Å². The van der Waals surface area contributed by atoms with Crippen LogP contribution in [0.5, 0.6) is 0 Å². The van der Waals surface area contributed by atoms with Gasteiger partial charge in [-0.2, -0.15) is 0 Å². The molecule has 0 aliphatic heterocycles. The van der Waals surface area contributed by atoms with E-state index in [2.05, 4.69) is 41.0 Å². The van der Waals surface area contributed by atoms with Crippen molar-refractivity contribution in [3.8, 4) is 17.2 Å². The van der Waals surface area contributed by atoms with Crippen LogP contribution in [0, 0.1) is 0 Å². The third-order valence-electron chi connectivity index (χ3n) is 6.30. The molecule has 4 aromatic carbocycles. The average molecular weight is 457 g/mol. The van der Waals surface area contributed by atoms with E-state index in [9.17, 15) is 0 Å². The number of hydrogen-bond donors (Lipinski definition) is 0. The largest absolute Gasteiger partial charge is 0.276 e. The van der Waals surface area contributed by atoms with Gasteiger partial charge in [0.25, 0.3) is 0 Å². The van der Waals surface area contributed by atoms with Gasteiger partial charge in [0.05, 0.1) is 27.8 Å². The van der Waals surface area contributed by atoms with Crippen molar-refractivity contribution in [1.29, 1.82) is 0 Å². The number of halogens is 1. The molecular formula is C29H17ClN4. The number of para-hydroxylation sites is 2. The average Bonchev–Trinajstić information content (AvgIpc) is 3.23. The highest BCUT2D eigenvalue weighted by atomic mass is 35.5. The molecule has 0 spiro atoms. The van der Waals surface area contributed by atoms with Gasteiger partial charge in [-0.05, 0) is 12.1 Å². The van der Waals surface area contributed by atoms with Gasteiger partial charge in [0.15, 0.2) is 0 Å². The minimum Gasteiger partial charge on any atom is -0.276 e. The quantitative estimate of drug-likeness (QED) is 0.251. The molecule has 7 rings (SSSR count). The molecule has 0 amide bonds. The molecule has 0 fully saturated rings. The Morgan fingerprint density at radius 1 is 0.559 bits per heavy atom. The molecule has 34 heavy (non-hydrogen) atoms. The standard InChI is InChI=1S/C29H17ClN4/c30-28-20-13-5-4-12-19(20)27-26(32-28)22-15-7-9-17-24(22)34(27)29-31-23-16-8-6-14-21(23)25(33-29)18-10-2-1-3-11-18/h1-17H. The predicted molar refractivity (Wildman–Crippen MR) is 140 cm³/mol. The topological polar surface area (TPSA) is 43.6 Å². The Morgan fingerprint density at radius 2 is 1.21 bits per heavy atom. The van der Waals surface area contributed by atoms with Crippen molar-refractivity contribution in [2.45, 2.75) is 0 Å². The number of nitrogens with zero attached hydrogens (tertiary/aromatic N) is 4. The molecule has 0 N–H and O–H groups in total. The Hall–Kier alpha value is -4.28. The summed E-state index contributed by atoms with van der Waals surface area (Å²) in [5.74, 6) is 0.609. The van der Waals surface area contributed by atoms with Crippen LogP contribution in [0.2, 0.25) is 5.15 Å². The van der Waals surface area contributed by atoms with E-state index in [0.717, 1.165) is 54.9 Å². The number of benzene rings is 4. The second kappa shape index (κ2) is 7.37. The van der Waals surface area contributed by atoms with Crippen molar-refractivity contribution in [3.63, 3.8) is 0 Å². The highest BCUT2D eigenvalue weighted by Gasteiger charge is 2.20. The molecule has 5 heteroatoms. The molecule has 0 radical (unpaired) electrons. The van der Waals surface area contributed by atoms with Gasteiger partial charge in [-0.15, -0.1) is 0 Å². The Balaban J connectivity index is 1.68. The lowest BCUT2D eigenvalue weighted by molar-refractivity contribution is 1.02. The van der Waals surface area contributed by atoms with Gasteiger partial charge in [0.1, 0.15) is 5.15 Å². The number of pyridine rings is 1. The van der Waals surface area contributed by atoms with Crippen molar-refractivity contribution >= 4 is 55.2 Å². The lowest BCUT2D eigenvalue weighted by Crippen LogP contribution is -2.04. The maximum absolute atomic E-state index is 6.62. The summed E-state index contributed by atoms with van der Waals surface area (Å²) in [4.78, 5) is 15.0. The summed E-state index contributed by atoms with van der Waals surface area (Å²) in [6, 6.07) is 34.7. The van der Waals surface area contributed by atoms with Gasteiger partial charge in [0, 0.05) is 27.1 Å². The minimum atomic E-state index is 0.496. The molecule has 0 saturated heterocycles. The molecule has 3 aromatic heterocycles. The second-order valence-corrected chi connectivity index (χ2v) is 8.61. The first-order valence-corrected chi connectivity index (χ1v) is 11.5. The smallest absolute Gasteiger partial charge is 0.235 e. The van der Waals surface area contributed by atoms with Gasteiger partial charge < -0.3 is 0 Å². The first-order chi connectivity index (χ1) is 16.8. The molecule has 0 aliphatic carbocycles. The fraction of sp³-hybridized carbons (Fsp3) is 0. The summed E-state index contributed by atoms with van der Waals surface area (Å²) in [6.07, 6.45) is 0. The second-order valence-electron chi connectivity index (χ2n) is 8.25. The maximum atomic E-state index is 6.62. The molecule has 0 atom stereocenters. The summed E-state index contributed by atoms with van der Waals surface area (Å²) in [5, 5.41) is 4.46. The molecule has 0 aliphatic rings. The Bertz CT molecular complexity index is 1870. The van der Waals surface area contributed by atoms with Crippen molar-refractivity contribution < 1.29 is 0 Å². The Labute approximate surface area is 200 Å². The van der Waals surface area contributed by atoms with E-state index in [1.165, 1.54) is 0 Å². The zero-order valence-electron chi connectivity index (χ0n) is 18.0. The first-order valence-electron chi connectivity index (χ1n) is 11.1. The molecule has 3 heterocycles. The van der Waals surface area contributed by atoms with Crippen LogP contribution in [0.4, 0.5) is 0 Å². The molecule has 160 valence electrons. The van der Waals surface area contributed by atoms with Crippen LogP contribution in [-0.2, 0) is 0 Å². The van der Waals surface area contributed by atoms with Crippen molar-refractivity contribution in [1.82, 2.24) is 19.5 Å². The summed E-state index contributed by atoms with van der Waals surface area (Å²) < 4.78 is 2.12.